The average Bonchev–Trinajstić information content (AvgIpc) is 3.30. The van der Waals surface area contributed by atoms with E-state index in [9.17, 15) is 31.1 Å². The van der Waals surface area contributed by atoms with Crippen molar-refractivity contribution in [2.24, 2.45) is 5.92 Å². The molecule has 0 aromatic heterocycles. The number of morpholine rings is 1. The lowest BCUT2D eigenvalue weighted by Gasteiger charge is -2.27. The van der Waals surface area contributed by atoms with Crippen LogP contribution >= 0.6 is 12.2 Å². The van der Waals surface area contributed by atoms with Gasteiger partial charge >= 0.3 is 12.7 Å². The predicted molar refractivity (Wildman–Crippen MR) is 147 cm³/mol. The number of rotatable bonds is 10. The van der Waals surface area contributed by atoms with Gasteiger partial charge in [0.05, 0.1) is 19.1 Å². The molecule has 1 aliphatic heterocycles. The van der Waals surface area contributed by atoms with Gasteiger partial charge in [0.15, 0.2) is 5.11 Å². The van der Waals surface area contributed by atoms with E-state index >= 15 is 0 Å². The second-order valence-corrected chi connectivity index (χ2v) is 10.3. The third kappa shape index (κ3) is 10.9. The largest absolute Gasteiger partial charge is 0.573 e. The quantitative estimate of drug-likeness (QED) is 0.259. The first-order valence-electron chi connectivity index (χ1n) is 13.4. The SMILES string of the molecule is O=C(NCCN1CCOCC1)C1CC(NC(=S)Nc2cccc(OC(F)(F)F)c2)CC1Oc1ccc(OC(F)(F)F)cc1. The fourth-order valence-corrected chi connectivity index (χ4v) is 5.12. The topological polar surface area (TPSA) is 93.3 Å². The van der Waals surface area contributed by atoms with E-state index in [0.29, 0.717) is 39.1 Å². The maximum Gasteiger partial charge on any atom is 0.573 e. The summed E-state index contributed by atoms with van der Waals surface area (Å²) in [6.07, 6.45) is -9.72. The van der Waals surface area contributed by atoms with Crippen molar-refractivity contribution in [2.45, 2.75) is 37.7 Å². The number of benzene rings is 2. The molecule has 4 rings (SSSR count). The van der Waals surface area contributed by atoms with Crippen LogP contribution in [0.5, 0.6) is 17.2 Å². The first kappa shape index (κ1) is 32.4. The number of hydrogen-bond acceptors (Lipinski definition) is 7. The molecule has 2 aliphatic rings. The Morgan fingerprint density at radius 3 is 2.26 bits per heavy atom. The number of amides is 1. The second kappa shape index (κ2) is 14.3. The molecule has 1 saturated carbocycles. The Morgan fingerprint density at radius 2 is 1.58 bits per heavy atom. The zero-order valence-corrected chi connectivity index (χ0v) is 23.5. The third-order valence-electron chi connectivity index (χ3n) is 6.68. The van der Waals surface area contributed by atoms with Gasteiger partial charge in [-0.25, -0.2) is 0 Å². The van der Waals surface area contributed by atoms with E-state index in [0.717, 1.165) is 37.4 Å². The van der Waals surface area contributed by atoms with Crippen molar-refractivity contribution in [3.63, 3.8) is 0 Å². The van der Waals surface area contributed by atoms with Crippen LogP contribution in [0.2, 0.25) is 0 Å². The lowest BCUT2D eigenvalue weighted by molar-refractivity contribution is -0.275. The van der Waals surface area contributed by atoms with Crippen molar-refractivity contribution in [3.05, 3.63) is 48.5 Å². The molecule has 2 aromatic carbocycles. The number of anilines is 1. The summed E-state index contributed by atoms with van der Waals surface area (Å²) < 4.78 is 94.5. The minimum Gasteiger partial charge on any atom is -0.490 e. The lowest BCUT2D eigenvalue weighted by atomic mass is 10.0. The molecule has 1 aliphatic carbocycles. The van der Waals surface area contributed by atoms with Crippen molar-refractivity contribution in [1.29, 1.82) is 0 Å². The van der Waals surface area contributed by atoms with Crippen LogP contribution in [0.1, 0.15) is 12.8 Å². The normalized spacial score (nSPS) is 21.1. The van der Waals surface area contributed by atoms with Crippen molar-refractivity contribution in [3.8, 4) is 17.2 Å². The number of halogens is 6. The van der Waals surface area contributed by atoms with Gasteiger partial charge in [0.1, 0.15) is 23.4 Å². The Hall–Kier alpha value is -3.50. The van der Waals surface area contributed by atoms with E-state index < -0.39 is 36.2 Å². The van der Waals surface area contributed by atoms with Crippen LogP contribution in [0.4, 0.5) is 32.0 Å². The predicted octanol–water partition coefficient (Wildman–Crippen LogP) is 4.44. The first-order chi connectivity index (χ1) is 20.3. The van der Waals surface area contributed by atoms with E-state index in [1.54, 1.807) is 0 Å². The van der Waals surface area contributed by atoms with Crippen molar-refractivity contribution < 1.29 is 50.1 Å². The number of carbonyl (C=O) groups excluding carboxylic acids is 1. The highest BCUT2D eigenvalue weighted by Gasteiger charge is 2.41. The zero-order chi connectivity index (χ0) is 31.0. The number of nitrogens with zero attached hydrogens (tertiary/aromatic N) is 1. The number of alkyl halides is 6. The van der Waals surface area contributed by atoms with Crippen LogP contribution in [-0.2, 0) is 9.53 Å². The summed E-state index contributed by atoms with van der Waals surface area (Å²) in [6.45, 7) is 3.82. The summed E-state index contributed by atoms with van der Waals surface area (Å²) >= 11 is 5.35. The molecule has 9 nitrogen and oxygen atoms in total. The number of nitrogens with one attached hydrogen (secondary N) is 3. The zero-order valence-electron chi connectivity index (χ0n) is 22.7. The Kier molecular flexibility index (Phi) is 10.8. The molecule has 0 bridgehead atoms. The molecule has 3 unspecified atom stereocenters. The molecule has 1 heterocycles. The molecule has 0 spiro atoms. The second-order valence-electron chi connectivity index (χ2n) is 9.87. The summed E-state index contributed by atoms with van der Waals surface area (Å²) in [6, 6.07) is 9.66. The fraction of sp³-hybridized carbons (Fsp3) is 0.481. The molecule has 16 heteroatoms. The monoisotopic (exact) mass is 636 g/mol. The van der Waals surface area contributed by atoms with Crippen LogP contribution in [0, 0.1) is 5.92 Å². The molecule has 236 valence electrons. The molecule has 3 atom stereocenters. The maximum atomic E-state index is 13.2. The van der Waals surface area contributed by atoms with Crippen LogP contribution in [-0.4, -0.2) is 80.2 Å². The molecule has 1 saturated heterocycles. The summed E-state index contributed by atoms with van der Waals surface area (Å²) in [5.41, 5.74) is 0.253. The van der Waals surface area contributed by atoms with Crippen LogP contribution in [0.15, 0.2) is 48.5 Å². The molecule has 0 radical (unpaired) electrons. The van der Waals surface area contributed by atoms with Gasteiger partial charge in [0.25, 0.3) is 0 Å². The Balaban J connectivity index is 1.38. The van der Waals surface area contributed by atoms with Crippen molar-refractivity contribution in [2.75, 3.05) is 44.7 Å². The number of thiocarbonyl (C=S) groups is 1. The van der Waals surface area contributed by atoms with Crippen molar-refractivity contribution >= 4 is 28.9 Å². The molecule has 2 aromatic rings. The first-order valence-corrected chi connectivity index (χ1v) is 13.8. The molecular formula is C27H30F6N4O5S. The van der Waals surface area contributed by atoms with Crippen molar-refractivity contribution in [1.82, 2.24) is 15.5 Å². The van der Waals surface area contributed by atoms with Gasteiger partial charge in [0.2, 0.25) is 5.91 Å². The average molecular weight is 637 g/mol. The highest BCUT2D eigenvalue weighted by atomic mass is 32.1. The van der Waals surface area contributed by atoms with E-state index in [-0.39, 0.29) is 28.5 Å². The van der Waals surface area contributed by atoms with Gasteiger partial charge in [-0.3, -0.25) is 9.69 Å². The van der Waals surface area contributed by atoms with Crippen LogP contribution in [0.25, 0.3) is 0 Å². The van der Waals surface area contributed by atoms with Gasteiger partial charge < -0.3 is 34.9 Å². The highest BCUT2D eigenvalue weighted by Crippen LogP contribution is 2.32. The van der Waals surface area contributed by atoms with Gasteiger partial charge in [-0.05, 0) is 55.0 Å². The Labute approximate surface area is 248 Å². The molecule has 3 N–H and O–H groups in total. The Morgan fingerprint density at radius 1 is 0.930 bits per heavy atom. The van der Waals surface area contributed by atoms with E-state index in [4.69, 9.17) is 21.7 Å². The lowest BCUT2D eigenvalue weighted by Crippen LogP contribution is -2.43. The molecule has 1 amide bonds. The summed E-state index contributed by atoms with van der Waals surface area (Å²) in [4.78, 5) is 15.4. The Bertz CT molecular complexity index is 1230. The number of hydrogen-bond donors (Lipinski definition) is 3. The summed E-state index contributed by atoms with van der Waals surface area (Å²) in [5.74, 6) is -1.47. The fourth-order valence-electron chi connectivity index (χ4n) is 4.83. The van der Waals surface area contributed by atoms with Crippen LogP contribution in [0.3, 0.4) is 0 Å². The number of carbonyl (C=O) groups is 1. The van der Waals surface area contributed by atoms with E-state index in [1.165, 1.54) is 24.3 Å². The summed E-state index contributed by atoms with van der Waals surface area (Å²) in [5, 5.41) is 8.92. The van der Waals surface area contributed by atoms with Gasteiger partial charge in [-0.1, -0.05) is 6.07 Å². The standard InChI is InChI=1S/C27H30F6N4O5S/c28-26(29,30)41-20-6-4-19(5-7-20)40-23-16-18(15-22(23)24(38)34-8-9-37-10-12-39-13-11-37)36-25(43)35-17-2-1-3-21(14-17)42-27(31,32)33/h1-7,14,18,22-23H,8-13,15-16H2,(H,34,38)(H2,35,36,43). The van der Waals surface area contributed by atoms with Crippen LogP contribution < -0.4 is 30.2 Å². The minimum absolute atomic E-state index is 0.106. The molecule has 43 heavy (non-hydrogen) atoms. The van der Waals surface area contributed by atoms with Gasteiger partial charge in [0, 0.05) is 50.4 Å². The highest BCUT2D eigenvalue weighted by molar-refractivity contribution is 7.80. The van der Waals surface area contributed by atoms with E-state index in [2.05, 4.69) is 30.3 Å². The third-order valence-corrected chi connectivity index (χ3v) is 6.90. The summed E-state index contributed by atoms with van der Waals surface area (Å²) in [7, 11) is 0. The minimum atomic E-state index is -4.85. The van der Waals surface area contributed by atoms with Gasteiger partial charge in [-0.2, -0.15) is 0 Å². The smallest absolute Gasteiger partial charge is 0.490 e. The number of ether oxygens (including phenoxy) is 4. The van der Waals surface area contributed by atoms with E-state index in [1.807, 2.05) is 0 Å². The molecule has 2 fully saturated rings. The molecular weight excluding hydrogens is 606 g/mol. The maximum absolute atomic E-state index is 13.2. The van der Waals surface area contributed by atoms with Gasteiger partial charge in [-0.15, -0.1) is 26.3 Å².